The molecule has 0 fully saturated rings. The van der Waals surface area contributed by atoms with E-state index in [0.29, 0.717) is 15.7 Å². The first-order valence-electron chi connectivity index (χ1n) is 5.51. The molecule has 0 unspecified atom stereocenters. The van der Waals surface area contributed by atoms with Crippen molar-refractivity contribution in [2.45, 2.75) is 13.3 Å². The van der Waals surface area contributed by atoms with E-state index in [1.54, 1.807) is 12.1 Å². The molecule has 0 atom stereocenters. The van der Waals surface area contributed by atoms with Crippen LogP contribution in [0.4, 0.5) is 10.3 Å². The van der Waals surface area contributed by atoms with Gasteiger partial charge in [0.2, 0.25) is 5.95 Å². The highest BCUT2D eigenvalue weighted by molar-refractivity contribution is 7.15. The highest BCUT2D eigenvalue weighted by Gasteiger charge is 2.11. The first kappa shape index (κ1) is 12.5. The average molecular weight is 262 g/mol. The highest BCUT2D eigenvalue weighted by atomic mass is 32.1. The largest absolute Gasteiger partial charge is 0.354 e. The molecule has 0 amide bonds. The maximum atomic E-state index is 13.7. The molecule has 0 spiro atoms. The zero-order chi connectivity index (χ0) is 13.0. The molecule has 4 nitrogen and oxygen atoms in total. The highest BCUT2D eigenvalue weighted by Crippen LogP contribution is 2.28. The number of anilines is 1. The number of nitrogens with one attached hydrogen (secondary N) is 1. The Labute approximate surface area is 108 Å². The van der Waals surface area contributed by atoms with Crippen molar-refractivity contribution in [1.82, 2.24) is 9.97 Å². The van der Waals surface area contributed by atoms with Gasteiger partial charge >= 0.3 is 0 Å². The SMILES string of the molecule is CCCNc1ncc(F)c(-c2ccc(C#N)s2)n1. The van der Waals surface area contributed by atoms with Crippen LogP contribution in [0.15, 0.2) is 18.3 Å². The van der Waals surface area contributed by atoms with E-state index in [2.05, 4.69) is 15.3 Å². The maximum Gasteiger partial charge on any atom is 0.223 e. The van der Waals surface area contributed by atoms with Gasteiger partial charge in [0.1, 0.15) is 16.6 Å². The van der Waals surface area contributed by atoms with E-state index in [9.17, 15) is 4.39 Å². The van der Waals surface area contributed by atoms with E-state index in [-0.39, 0.29) is 5.69 Å². The first-order valence-corrected chi connectivity index (χ1v) is 6.33. The predicted octanol–water partition coefficient (Wildman–Crippen LogP) is 3.04. The van der Waals surface area contributed by atoms with Gasteiger partial charge in [0, 0.05) is 6.54 Å². The van der Waals surface area contributed by atoms with E-state index in [1.165, 1.54) is 11.3 Å². The normalized spacial score (nSPS) is 10.1. The summed E-state index contributed by atoms with van der Waals surface area (Å²) in [6, 6.07) is 5.37. The van der Waals surface area contributed by atoms with Crippen LogP contribution in [0.25, 0.3) is 10.6 Å². The van der Waals surface area contributed by atoms with Crippen molar-refractivity contribution in [2.75, 3.05) is 11.9 Å². The summed E-state index contributed by atoms with van der Waals surface area (Å²) in [5.74, 6) is -0.0801. The van der Waals surface area contributed by atoms with Crippen LogP contribution in [0.5, 0.6) is 0 Å². The van der Waals surface area contributed by atoms with Gasteiger partial charge in [-0.3, -0.25) is 0 Å². The Kier molecular flexibility index (Phi) is 3.85. The molecule has 0 aliphatic heterocycles. The van der Waals surface area contributed by atoms with Crippen molar-refractivity contribution in [3.8, 4) is 16.6 Å². The van der Waals surface area contributed by atoms with Crippen LogP contribution in [-0.2, 0) is 0 Å². The van der Waals surface area contributed by atoms with E-state index in [1.807, 2.05) is 13.0 Å². The Balaban J connectivity index is 2.34. The van der Waals surface area contributed by atoms with Crippen molar-refractivity contribution in [3.05, 3.63) is 29.0 Å². The molecule has 0 saturated carbocycles. The smallest absolute Gasteiger partial charge is 0.223 e. The summed E-state index contributed by atoms with van der Waals surface area (Å²) in [6.07, 6.45) is 2.08. The molecule has 6 heteroatoms. The van der Waals surface area contributed by atoms with Crippen LogP contribution >= 0.6 is 11.3 Å². The molecule has 0 radical (unpaired) electrons. The van der Waals surface area contributed by atoms with E-state index >= 15 is 0 Å². The van der Waals surface area contributed by atoms with Crippen molar-refractivity contribution in [1.29, 1.82) is 5.26 Å². The second-order valence-electron chi connectivity index (χ2n) is 3.59. The summed E-state index contributed by atoms with van der Waals surface area (Å²) >= 11 is 1.21. The quantitative estimate of drug-likeness (QED) is 0.920. The number of nitrogens with zero attached hydrogens (tertiary/aromatic N) is 3. The Morgan fingerprint density at radius 2 is 2.33 bits per heavy atom. The van der Waals surface area contributed by atoms with Crippen LogP contribution in [0, 0.1) is 17.1 Å². The molecule has 0 aliphatic rings. The fraction of sp³-hybridized carbons (Fsp3) is 0.250. The first-order chi connectivity index (χ1) is 8.74. The van der Waals surface area contributed by atoms with Gasteiger partial charge in [-0.1, -0.05) is 6.92 Å². The van der Waals surface area contributed by atoms with Gasteiger partial charge in [-0.05, 0) is 18.6 Å². The number of nitriles is 1. The lowest BCUT2D eigenvalue weighted by molar-refractivity contribution is 0.619. The monoisotopic (exact) mass is 262 g/mol. The van der Waals surface area contributed by atoms with E-state index in [0.717, 1.165) is 19.2 Å². The summed E-state index contributed by atoms with van der Waals surface area (Å²) in [7, 11) is 0. The Bertz CT molecular complexity index is 588. The lowest BCUT2D eigenvalue weighted by Gasteiger charge is -2.04. The second kappa shape index (κ2) is 5.56. The number of hydrogen-bond acceptors (Lipinski definition) is 5. The molecule has 0 saturated heterocycles. The van der Waals surface area contributed by atoms with Crippen molar-refractivity contribution < 1.29 is 4.39 Å². The Morgan fingerprint density at radius 3 is 3.00 bits per heavy atom. The molecule has 18 heavy (non-hydrogen) atoms. The summed E-state index contributed by atoms with van der Waals surface area (Å²) in [5, 5.41) is 11.8. The molecule has 2 heterocycles. The van der Waals surface area contributed by atoms with Crippen LogP contribution in [-0.4, -0.2) is 16.5 Å². The molecule has 2 aromatic rings. The van der Waals surface area contributed by atoms with Gasteiger partial charge in [-0.25, -0.2) is 14.4 Å². The van der Waals surface area contributed by atoms with E-state index < -0.39 is 5.82 Å². The minimum Gasteiger partial charge on any atom is -0.354 e. The number of aromatic nitrogens is 2. The van der Waals surface area contributed by atoms with Crippen molar-refractivity contribution in [2.24, 2.45) is 0 Å². The number of halogens is 1. The molecule has 0 aromatic carbocycles. The standard InChI is InChI=1S/C12H11FN4S/c1-2-5-15-12-16-7-9(13)11(17-12)10-4-3-8(6-14)18-10/h3-4,7H,2,5H2,1H3,(H,15,16,17). The maximum absolute atomic E-state index is 13.7. The van der Waals surface area contributed by atoms with Gasteiger partial charge in [0.25, 0.3) is 0 Å². The van der Waals surface area contributed by atoms with E-state index in [4.69, 9.17) is 5.26 Å². The fourth-order valence-electron chi connectivity index (χ4n) is 1.39. The molecule has 1 N–H and O–H groups in total. The Hall–Kier alpha value is -2.00. The van der Waals surface area contributed by atoms with Crippen molar-refractivity contribution in [3.63, 3.8) is 0 Å². The molecule has 92 valence electrons. The van der Waals surface area contributed by atoms with Crippen LogP contribution in [0.2, 0.25) is 0 Å². The fourth-order valence-corrected chi connectivity index (χ4v) is 2.18. The van der Waals surface area contributed by atoms with Crippen LogP contribution in [0.3, 0.4) is 0 Å². The summed E-state index contributed by atoms with van der Waals surface area (Å²) in [6.45, 7) is 2.76. The second-order valence-corrected chi connectivity index (χ2v) is 4.68. The van der Waals surface area contributed by atoms with Gasteiger partial charge < -0.3 is 5.32 Å². The third-order valence-corrected chi connectivity index (χ3v) is 3.22. The van der Waals surface area contributed by atoms with Gasteiger partial charge in [-0.15, -0.1) is 11.3 Å². The molecule has 2 rings (SSSR count). The molecular weight excluding hydrogens is 251 g/mol. The molecule has 2 aromatic heterocycles. The van der Waals surface area contributed by atoms with Gasteiger partial charge in [-0.2, -0.15) is 5.26 Å². The zero-order valence-electron chi connectivity index (χ0n) is 9.77. The summed E-state index contributed by atoms with van der Waals surface area (Å²) in [4.78, 5) is 9.17. The average Bonchev–Trinajstić information content (AvgIpc) is 2.86. The number of hydrogen-bond donors (Lipinski definition) is 1. The minimum absolute atomic E-state index is 0.232. The van der Waals surface area contributed by atoms with Gasteiger partial charge in [0.15, 0.2) is 5.82 Å². The summed E-state index contributed by atoms with van der Waals surface area (Å²) < 4.78 is 13.7. The topological polar surface area (TPSA) is 61.6 Å². The lowest BCUT2D eigenvalue weighted by atomic mass is 10.3. The predicted molar refractivity (Wildman–Crippen MR) is 68.8 cm³/mol. The molecule has 0 bridgehead atoms. The third kappa shape index (κ3) is 2.63. The third-order valence-electron chi connectivity index (χ3n) is 2.23. The van der Waals surface area contributed by atoms with Crippen LogP contribution < -0.4 is 5.32 Å². The Morgan fingerprint density at radius 1 is 1.50 bits per heavy atom. The molecular formula is C12H11FN4S. The van der Waals surface area contributed by atoms with Crippen molar-refractivity contribution >= 4 is 17.3 Å². The number of thiophene rings is 1. The lowest BCUT2D eigenvalue weighted by Crippen LogP contribution is -2.05. The van der Waals surface area contributed by atoms with Gasteiger partial charge in [0.05, 0.1) is 11.1 Å². The zero-order valence-corrected chi connectivity index (χ0v) is 10.6. The minimum atomic E-state index is -0.483. The van der Waals surface area contributed by atoms with Crippen LogP contribution in [0.1, 0.15) is 18.2 Å². The number of rotatable bonds is 4. The summed E-state index contributed by atoms with van der Waals surface area (Å²) in [5.41, 5.74) is 0.232. The molecule has 0 aliphatic carbocycles.